The van der Waals surface area contributed by atoms with Crippen molar-refractivity contribution in [1.29, 1.82) is 0 Å². The summed E-state index contributed by atoms with van der Waals surface area (Å²) in [5, 5.41) is 5.39. The fourth-order valence-corrected chi connectivity index (χ4v) is 3.12. The number of halogens is 2. The fourth-order valence-electron chi connectivity index (χ4n) is 3.12. The van der Waals surface area contributed by atoms with Crippen LogP contribution < -0.4 is 24.8 Å². The molecule has 0 unspecified atom stereocenters. The van der Waals surface area contributed by atoms with E-state index in [0.29, 0.717) is 0 Å². The van der Waals surface area contributed by atoms with E-state index in [1.54, 1.807) is 24.2 Å². The van der Waals surface area contributed by atoms with Gasteiger partial charge in [-0.3, -0.25) is 0 Å². The van der Waals surface area contributed by atoms with Crippen LogP contribution in [0.5, 0.6) is 0 Å². The van der Waals surface area contributed by atoms with Crippen molar-refractivity contribution in [3.8, 4) is 0 Å². The molecule has 0 heterocycles. The molecule has 30 heavy (non-hydrogen) atoms. The van der Waals surface area contributed by atoms with Crippen LogP contribution in [-0.2, 0) is 24.2 Å². The summed E-state index contributed by atoms with van der Waals surface area (Å²) in [6.07, 6.45) is 8.49. The van der Waals surface area contributed by atoms with Gasteiger partial charge >= 0.3 is 41.3 Å². The molecule has 0 bridgehead atoms. The van der Waals surface area contributed by atoms with Gasteiger partial charge in [0.15, 0.2) is 0 Å². The Hall–Kier alpha value is -1.66. The molecule has 4 aromatic rings. The second-order valence-electron chi connectivity index (χ2n) is 6.88. The summed E-state index contributed by atoms with van der Waals surface area (Å²) in [7, 11) is 0. The molecule has 0 aromatic heterocycles. The molecule has 0 saturated carbocycles. The number of benzene rings is 3. The third-order valence-electron chi connectivity index (χ3n) is 4.30. The van der Waals surface area contributed by atoms with Crippen LogP contribution in [0, 0.1) is 6.08 Å². The van der Waals surface area contributed by atoms with Gasteiger partial charge in [-0.1, -0.05) is 61.0 Å². The molecule has 0 saturated heterocycles. The fraction of sp³-hybridized carbons (Fsp3) is 0.111. The molecule has 0 amide bonds. The van der Waals surface area contributed by atoms with Gasteiger partial charge < -0.3 is 24.8 Å². The van der Waals surface area contributed by atoms with Gasteiger partial charge in [-0.2, -0.15) is 17.7 Å². The average molecular weight is 511 g/mol. The third kappa shape index (κ3) is 7.55. The maximum absolute atomic E-state index is 3.28. The van der Waals surface area contributed by atoms with Crippen molar-refractivity contribution in [2.45, 2.75) is 20.3 Å². The van der Waals surface area contributed by atoms with Crippen molar-refractivity contribution < 1.29 is 49.0 Å². The summed E-state index contributed by atoms with van der Waals surface area (Å²) in [4.78, 5) is 0. The molecule has 1 aliphatic carbocycles. The van der Waals surface area contributed by atoms with E-state index in [9.17, 15) is 0 Å². The molecule has 0 atom stereocenters. The van der Waals surface area contributed by atoms with Crippen LogP contribution in [0.2, 0.25) is 0 Å². The van der Waals surface area contributed by atoms with E-state index in [4.69, 9.17) is 0 Å². The van der Waals surface area contributed by atoms with E-state index in [2.05, 4.69) is 111 Å². The summed E-state index contributed by atoms with van der Waals surface area (Å²) in [6.45, 7) is 4.25. The van der Waals surface area contributed by atoms with Crippen molar-refractivity contribution in [1.82, 2.24) is 0 Å². The first-order valence-electron chi connectivity index (χ1n) is 9.53. The van der Waals surface area contributed by atoms with Gasteiger partial charge in [0.05, 0.1) is 0 Å². The van der Waals surface area contributed by atoms with Gasteiger partial charge in [0.2, 0.25) is 0 Å². The molecule has 1 aliphatic rings. The Labute approximate surface area is 207 Å². The standard InChI is InChI=1S/C13H9.C11H9.C3H6.2ClH.Zr/c1-3-7-12-10(5-1)9-11-6-2-4-8-13(11)12;1-2-6-10(7-3-1)11-8-4-5-9-11;1-3-2;;;/h1-9H;1-4,6-8H,5H2;1-2H3;2*1H;/q2*-1;;;;+2/p-2. The van der Waals surface area contributed by atoms with E-state index in [-0.39, 0.29) is 24.8 Å². The minimum absolute atomic E-state index is 0. The molecular weight excluding hydrogens is 486 g/mol. The largest absolute Gasteiger partial charge is 1.00 e. The van der Waals surface area contributed by atoms with Gasteiger partial charge in [0.25, 0.3) is 0 Å². The van der Waals surface area contributed by atoms with Crippen molar-refractivity contribution in [3.05, 3.63) is 109 Å². The van der Waals surface area contributed by atoms with Crippen molar-refractivity contribution in [2.75, 3.05) is 0 Å². The van der Waals surface area contributed by atoms with E-state index in [1.165, 1.54) is 35.9 Å². The Bertz CT molecular complexity index is 1070. The van der Waals surface area contributed by atoms with Crippen LogP contribution in [0.1, 0.15) is 25.8 Å². The van der Waals surface area contributed by atoms with Crippen molar-refractivity contribution >= 4 is 30.3 Å². The maximum Gasteiger partial charge on any atom is -0.0643 e. The summed E-state index contributed by atoms with van der Waals surface area (Å²) in [5.74, 6) is 0. The molecule has 0 spiro atoms. The van der Waals surface area contributed by atoms with Gasteiger partial charge in [-0.15, -0.1) is 63.5 Å². The Kier molecular flexibility index (Phi) is 12.0. The van der Waals surface area contributed by atoms with Crippen LogP contribution in [0.4, 0.5) is 0 Å². The van der Waals surface area contributed by atoms with E-state index < -0.39 is 0 Å². The normalized spacial score (nSPS) is 11.3. The maximum atomic E-state index is 3.28. The van der Waals surface area contributed by atoms with Crippen LogP contribution in [0.15, 0.2) is 97.1 Å². The van der Waals surface area contributed by atoms with Crippen LogP contribution in [0.25, 0.3) is 27.1 Å². The number of allylic oxidation sites excluding steroid dienone is 4. The monoisotopic (exact) mass is 508 g/mol. The molecule has 0 N–H and O–H groups in total. The van der Waals surface area contributed by atoms with Crippen LogP contribution >= 0.6 is 0 Å². The minimum Gasteiger partial charge on any atom is -1.00 e. The molecule has 3 heteroatoms. The Balaban J connectivity index is 0.000000244. The van der Waals surface area contributed by atoms with E-state index >= 15 is 0 Å². The second-order valence-corrected chi connectivity index (χ2v) is 9.34. The minimum atomic E-state index is 0. The number of rotatable bonds is 1. The molecule has 4 aromatic carbocycles. The second kappa shape index (κ2) is 13.6. The van der Waals surface area contributed by atoms with Gasteiger partial charge in [-0.25, -0.2) is 0 Å². The zero-order valence-corrected chi connectivity index (χ0v) is 21.2. The number of fused-ring (bicyclic) bond motifs is 3. The summed E-state index contributed by atoms with van der Waals surface area (Å²) >= 11 is 1.55. The predicted octanol–water partition coefficient (Wildman–Crippen LogP) is 1.30. The predicted molar refractivity (Wildman–Crippen MR) is 120 cm³/mol. The zero-order chi connectivity index (χ0) is 19.8. The van der Waals surface area contributed by atoms with Crippen molar-refractivity contribution in [3.63, 3.8) is 0 Å². The SMILES string of the molecule is C[C](C)=[Zr+2].[C-]1=C(c2ccccc2)C=CC1.[Cl-].[Cl-].c1ccc2c(c1)[cH-]c1ccccc12. The van der Waals surface area contributed by atoms with Crippen molar-refractivity contribution in [2.24, 2.45) is 0 Å². The third-order valence-corrected chi connectivity index (χ3v) is 4.30. The molecule has 0 radical (unpaired) electrons. The molecule has 0 nitrogen and oxygen atoms in total. The Morgan fingerprint density at radius 1 is 0.767 bits per heavy atom. The van der Waals surface area contributed by atoms with Crippen LogP contribution in [-0.4, -0.2) is 3.21 Å². The first-order valence-corrected chi connectivity index (χ1v) is 10.8. The topological polar surface area (TPSA) is 0 Å². The van der Waals surface area contributed by atoms with Gasteiger partial charge in [0, 0.05) is 0 Å². The summed E-state index contributed by atoms with van der Waals surface area (Å²) < 4.78 is 1.51. The van der Waals surface area contributed by atoms with Gasteiger partial charge in [-0.05, 0) is 0 Å². The average Bonchev–Trinajstić information content (AvgIpc) is 3.37. The van der Waals surface area contributed by atoms with E-state index in [1.807, 2.05) is 6.07 Å². The Morgan fingerprint density at radius 3 is 1.70 bits per heavy atom. The zero-order valence-electron chi connectivity index (χ0n) is 17.2. The first-order chi connectivity index (χ1) is 13.6. The molecule has 0 fully saturated rings. The van der Waals surface area contributed by atoms with Gasteiger partial charge in [0.1, 0.15) is 0 Å². The molecule has 0 aliphatic heterocycles. The number of hydrogen-bond acceptors (Lipinski definition) is 0. The smallest absolute Gasteiger partial charge is 0.0643 e. The first kappa shape index (κ1) is 26.4. The molecule has 5 rings (SSSR count). The summed E-state index contributed by atoms with van der Waals surface area (Å²) in [6, 6.07) is 29.6. The van der Waals surface area contributed by atoms with E-state index in [0.717, 1.165) is 6.42 Å². The number of hydrogen-bond donors (Lipinski definition) is 0. The quantitative estimate of drug-likeness (QED) is 0.339. The molecule has 152 valence electrons. The summed E-state index contributed by atoms with van der Waals surface area (Å²) in [5.41, 5.74) is 2.49. The van der Waals surface area contributed by atoms with Crippen LogP contribution in [0.3, 0.4) is 0 Å². The Morgan fingerprint density at radius 2 is 1.23 bits per heavy atom. The molecular formula is C27H24Cl2Zr-2.